The highest BCUT2D eigenvalue weighted by Crippen LogP contribution is 2.30. The molecule has 0 unspecified atom stereocenters. The molecule has 7 nitrogen and oxygen atoms in total. The Morgan fingerprint density at radius 3 is 2.19 bits per heavy atom. The summed E-state index contributed by atoms with van der Waals surface area (Å²) in [7, 11) is -5.97. The average molecular weight is 531 g/mol. The van der Waals surface area contributed by atoms with Crippen molar-refractivity contribution in [3.63, 3.8) is 0 Å². The van der Waals surface area contributed by atoms with Gasteiger partial charge in [0.05, 0.1) is 22.5 Å². The van der Waals surface area contributed by atoms with E-state index in [-0.39, 0.29) is 11.3 Å². The van der Waals surface area contributed by atoms with Crippen LogP contribution in [0.5, 0.6) is 0 Å². The molecule has 0 saturated heterocycles. The molecule has 1 heterocycles. The van der Waals surface area contributed by atoms with E-state index in [1.165, 1.54) is 0 Å². The smallest absolute Gasteiger partial charge is 0.319 e. The third-order valence-corrected chi connectivity index (χ3v) is 6.48. The van der Waals surface area contributed by atoms with Crippen molar-refractivity contribution >= 4 is 38.4 Å². The summed E-state index contributed by atoms with van der Waals surface area (Å²) in [5, 5.41) is 2.91. The first-order chi connectivity index (χ1) is 17.4. The number of halogens is 4. The van der Waals surface area contributed by atoms with E-state index in [4.69, 9.17) is 0 Å². The largest absolute Gasteiger partial charge is 0.516 e. The monoisotopic (exact) mass is 531 g/mol. The van der Waals surface area contributed by atoms with E-state index < -0.39 is 38.7 Å². The maximum Gasteiger partial charge on any atom is 0.516 e. The van der Waals surface area contributed by atoms with E-state index in [2.05, 4.69) is 10.3 Å². The topological polar surface area (TPSA) is 105 Å². The van der Waals surface area contributed by atoms with Crippen LogP contribution < -0.4 is 10.0 Å². The van der Waals surface area contributed by atoms with Crippen LogP contribution in [0.15, 0.2) is 72.8 Å². The number of anilines is 1. The number of nitrogens with zero attached hydrogens (tertiary/aromatic N) is 1. The molecule has 0 aliphatic rings. The van der Waals surface area contributed by atoms with Gasteiger partial charge in [-0.25, -0.2) is 14.1 Å². The zero-order chi connectivity index (χ0) is 27.0. The molecular weight excluding hydrogens is 514 g/mol. The number of carbonyl (C=O) groups is 2. The van der Waals surface area contributed by atoms with E-state index >= 15 is 0 Å². The number of aromatic nitrogens is 1. The molecule has 4 aromatic rings. The number of benzene rings is 3. The zero-order valence-corrected chi connectivity index (χ0v) is 19.7. The normalized spacial score (nSPS) is 11.8. The van der Waals surface area contributed by atoms with Crippen LogP contribution in [0.3, 0.4) is 0 Å². The van der Waals surface area contributed by atoms with E-state index in [1.54, 1.807) is 31.2 Å². The highest BCUT2D eigenvalue weighted by Gasteiger charge is 2.47. The summed E-state index contributed by atoms with van der Waals surface area (Å²) in [5.41, 5.74) is -4.22. The number of amides is 2. The first-order valence-electron chi connectivity index (χ1n) is 10.6. The van der Waals surface area contributed by atoms with Gasteiger partial charge in [0, 0.05) is 16.5 Å². The minimum absolute atomic E-state index is 0.224. The number of carbonyl (C=O) groups excluding carboxylic acids is 2. The summed E-state index contributed by atoms with van der Waals surface area (Å²) >= 11 is 0. The Hall–Kier alpha value is -4.32. The summed E-state index contributed by atoms with van der Waals surface area (Å²) in [4.78, 5) is 29.9. The molecule has 0 aliphatic heterocycles. The lowest BCUT2D eigenvalue weighted by atomic mass is 9.97. The lowest BCUT2D eigenvalue weighted by Crippen LogP contribution is -2.40. The van der Waals surface area contributed by atoms with Crippen molar-refractivity contribution in [1.82, 2.24) is 9.71 Å². The molecule has 12 heteroatoms. The number of hydrogen-bond acceptors (Lipinski definition) is 5. The Labute approximate surface area is 208 Å². The first-order valence-corrected chi connectivity index (χ1v) is 12.1. The number of sulfonamides is 1. The number of pyridine rings is 1. The second-order valence-corrected chi connectivity index (χ2v) is 9.55. The van der Waals surface area contributed by atoms with E-state index in [9.17, 15) is 35.6 Å². The third-order valence-electron chi connectivity index (χ3n) is 5.42. The second-order valence-electron chi connectivity index (χ2n) is 7.87. The van der Waals surface area contributed by atoms with Crippen LogP contribution in [0.2, 0.25) is 0 Å². The second kappa shape index (κ2) is 9.62. The standard InChI is InChI=1S/C25H17F4N3O4S/c1-14-21(17-9-5-6-10-19(17)30-22(14)15-7-3-2-4-8-15)24(34)31-20-12-11-16(13-18(20)26)23(33)32-37(35,36)25(27,28)29/h2-13H,1H3,(H,31,34)(H,32,33). The van der Waals surface area contributed by atoms with Gasteiger partial charge in [-0.15, -0.1) is 0 Å². The van der Waals surface area contributed by atoms with Gasteiger partial charge in [-0.2, -0.15) is 21.6 Å². The van der Waals surface area contributed by atoms with Gasteiger partial charge in [-0.1, -0.05) is 48.5 Å². The van der Waals surface area contributed by atoms with E-state index in [0.29, 0.717) is 28.2 Å². The van der Waals surface area contributed by atoms with Gasteiger partial charge in [0.2, 0.25) is 0 Å². The number of alkyl halides is 3. The minimum Gasteiger partial charge on any atom is -0.319 e. The fraction of sp³-hybridized carbons (Fsp3) is 0.0800. The van der Waals surface area contributed by atoms with Crippen molar-refractivity contribution in [1.29, 1.82) is 0 Å². The van der Waals surface area contributed by atoms with Gasteiger partial charge in [-0.3, -0.25) is 9.59 Å². The molecule has 4 rings (SSSR count). The number of fused-ring (bicyclic) bond motifs is 1. The Balaban J connectivity index is 1.68. The van der Waals surface area contributed by atoms with Crippen molar-refractivity contribution in [2.45, 2.75) is 12.4 Å². The molecule has 2 N–H and O–H groups in total. The van der Waals surface area contributed by atoms with Crippen molar-refractivity contribution in [2.24, 2.45) is 0 Å². The van der Waals surface area contributed by atoms with Crippen LogP contribution >= 0.6 is 0 Å². The summed E-state index contributed by atoms with van der Waals surface area (Å²) in [6.07, 6.45) is 0. The van der Waals surface area contributed by atoms with Gasteiger partial charge in [0.15, 0.2) is 0 Å². The van der Waals surface area contributed by atoms with Gasteiger partial charge < -0.3 is 5.32 Å². The van der Waals surface area contributed by atoms with Crippen LogP contribution in [0.25, 0.3) is 22.2 Å². The Bertz CT molecular complexity index is 1640. The fourth-order valence-electron chi connectivity index (χ4n) is 3.66. The van der Waals surface area contributed by atoms with Crippen LogP contribution in [0.1, 0.15) is 26.3 Å². The summed E-state index contributed by atoms with van der Waals surface area (Å²) in [5.74, 6) is -3.54. The average Bonchev–Trinajstić information content (AvgIpc) is 2.84. The third kappa shape index (κ3) is 5.14. The van der Waals surface area contributed by atoms with E-state index in [0.717, 1.165) is 22.4 Å². The van der Waals surface area contributed by atoms with Crippen LogP contribution in [0.4, 0.5) is 23.2 Å². The lowest BCUT2D eigenvalue weighted by Gasteiger charge is -2.15. The number of para-hydroxylation sites is 1. The Kier molecular flexibility index (Phi) is 6.70. The molecule has 0 bridgehead atoms. The molecule has 0 aliphatic carbocycles. The minimum atomic E-state index is -5.97. The fourth-order valence-corrected chi connectivity index (χ4v) is 4.14. The molecule has 0 saturated carbocycles. The quantitative estimate of drug-likeness (QED) is 0.345. The number of nitrogens with one attached hydrogen (secondary N) is 2. The molecule has 37 heavy (non-hydrogen) atoms. The van der Waals surface area contributed by atoms with Gasteiger partial charge in [0.25, 0.3) is 11.8 Å². The summed E-state index contributed by atoms with van der Waals surface area (Å²) in [6, 6.07) is 18.3. The Morgan fingerprint density at radius 2 is 1.54 bits per heavy atom. The number of hydrogen-bond donors (Lipinski definition) is 2. The first kappa shape index (κ1) is 25.8. The Morgan fingerprint density at radius 1 is 0.892 bits per heavy atom. The molecule has 0 fully saturated rings. The summed E-state index contributed by atoms with van der Waals surface area (Å²) < 4.78 is 75.4. The molecule has 3 aromatic carbocycles. The molecule has 1 aromatic heterocycles. The van der Waals surface area contributed by atoms with Gasteiger partial charge in [0.1, 0.15) is 5.82 Å². The van der Waals surface area contributed by atoms with Crippen LogP contribution in [-0.2, 0) is 10.0 Å². The molecule has 0 radical (unpaired) electrons. The molecular formula is C25H17F4N3O4S. The highest BCUT2D eigenvalue weighted by atomic mass is 32.2. The predicted octanol–water partition coefficient (Wildman–Crippen LogP) is 5.18. The lowest BCUT2D eigenvalue weighted by molar-refractivity contribution is -0.0446. The van der Waals surface area contributed by atoms with Crippen molar-refractivity contribution in [2.75, 3.05) is 5.32 Å². The van der Waals surface area contributed by atoms with Crippen molar-refractivity contribution in [3.05, 3.63) is 95.3 Å². The van der Waals surface area contributed by atoms with Crippen LogP contribution in [0, 0.1) is 12.7 Å². The molecule has 0 atom stereocenters. The van der Waals surface area contributed by atoms with Gasteiger partial charge in [-0.05, 0) is 36.8 Å². The number of rotatable bonds is 5. The van der Waals surface area contributed by atoms with E-state index in [1.807, 2.05) is 30.3 Å². The SMILES string of the molecule is Cc1c(-c2ccccc2)nc2ccccc2c1C(=O)Nc1ccc(C(=O)NS(=O)(=O)C(F)(F)F)cc1F. The maximum absolute atomic E-state index is 14.7. The van der Waals surface area contributed by atoms with Crippen molar-refractivity contribution < 1.29 is 35.6 Å². The maximum atomic E-state index is 14.7. The molecule has 190 valence electrons. The van der Waals surface area contributed by atoms with Crippen LogP contribution in [-0.4, -0.2) is 30.7 Å². The predicted molar refractivity (Wildman–Crippen MR) is 129 cm³/mol. The van der Waals surface area contributed by atoms with Crippen molar-refractivity contribution in [3.8, 4) is 11.3 Å². The molecule has 0 spiro atoms. The van der Waals surface area contributed by atoms with Gasteiger partial charge >= 0.3 is 15.5 Å². The summed E-state index contributed by atoms with van der Waals surface area (Å²) in [6.45, 7) is 1.70. The molecule has 2 amide bonds. The zero-order valence-electron chi connectivity index (χ0n) is 18.9. The highest BCUT2D eigenvalue weighted by molar-refractivity contribution is 7.90.